The van der Waals surface area contributed by atoms with Crippen LogP contribution >= 0.6 is 0 Å². The van der Waals surface area contributed by atoms with Crippen LogP contribution in [0.15, 0.2) is 42.5 Å². The molecule has 2 aliphatic rings. The number of nitrogens with one attached hydrogen (secondary N) is 3. The van der Waals surface area contributed by atoms with E-state index in [1.807, 2.05) is 49.4 Å². The Balaban J connectivity index is 1.41. The quantitative estimate of drug-likeness (QED) is 0.644. The van der Waals surface area contributed by atoms with E-state index in [1.165, 1.54) is 0 Å². The third-order valence-corrected chi connectivity index (χ3v) is 4.92. The molecule has 0 bridgehead atoms. The van der Waals surface area contributed by atoms with Crippen molar-refractivity contribution in [1.82, 2.24) is 20.6 Å². The van der Waals surface area contributed by atoms with Gasteiger partial charge in [0, 0.05) is 23.9 Å². The highest BCUT2D eigenvalue weighted by Crippen LogP contribution is 2.36. The van der Waals surface area contributed by atoms with Gasteiger partial charge in [0.15, 0.2) is 17.8 Å². The fourth-order valence-corrected chi connectivity index (χ4v) is 3.55. The lowest BCUT2D eigenvalue weighted by Gasteiger charge is -2.32. The first kappa shape index (κ1) is 16.8. The van der Waals surface area contributed by atoms with Crippen LogP contribution in [0.3, 0.4) is 0 Å². The van der Waals surface area contributed by atoms with Crippen LogP contribution in [0, 0.1) is 6.92 Å². The van der Waals surface area contributed by atoms with Crippen LogP contribution in [0.4, 0.5) is 5.95 Å². The Labute approximate surface area is 161 Å². The molecular weight excluding hydrogens is 358 g/mol. The van der Waals surface area contributed by atoms with Gasteiger partial charge in [0.2, 0.25) is 18.6 Å². The second kappa shape index (κ2) is 6.65. The van der Waals surface area contributed by atoms with E-state index in [2.05, 4.69) is 25.9 Å². The summed E-state index contributed by atoms with van der Waals surface area (Å²) in [5.74, 6) is 1.76. The maximum Gasteiger partial charge on any atom is 0.231 e. The number of ether oxygens (including phenoxy) is 2. The van der Waals surface area contributed by atoms with Crippen molar-refractivity contribution in [3.63, 3.8) is 0 Å². The number of carbonyl (C=O) groups excluding carboxylic acids is 1. The summed E-state index contributed by atoms with van der Waals surface area (Å²) in [6.07, 6.45) is -0.0965. The van der Waals surface area contributed by atoms with Crippen LogP contribution in [0.5, 0.6) is 11.5 Å². The molecule has 8 nitrogen and oxygen atoms in total. The standard InChI is InChI=1S/C20H19N5O3/c1-11-13-7-16-17(28-10-27-16)8-15(13)23-19(21-11)25-20-22-14(9-18(26)24-20)12-5-3-2-4-6-12/h2-8,14,20,22H,9-10H2,1H3,(H,24,26)(H,21,23,25). The van der Waals surface area contributed by atoms with Gasteiger partial charge in [-0.25, -0.2) is 9.97 Å². The summed E-state index contributed by atoms with van der Waals surface area (Å²) in [5, 5.41) is 10.4. The van der Waals surface area contributed by atoms with Crippen molar-refractivity contribution in [1.29, 1.82) is 0 Å². The number of rotatable bonds is 3. The van der Waals surface area contributed by atoms with Gasteiger partial charge in [-0.3, -0.25) is 10.1 Å². The van der Waals surface area contributed by atoms with Gasteiger partial charge in [-0.15, -0.1) is 0 Å². The Morgan fingerprint density at radius 1 is 1.11 bits per heavy atom. The second-order valence-corrected chi connectivity index (χ2v) is 6.83. The average molecular weight is 377 g/mol. The van der Waals surface area contributed by atoms with Crippen LogP contribution in [0.2, 0.25) is 0 Å². The molecule has 0 radical (unpaired) electrons. The van der Waals surface area contributed by atoms with E-state index in [4.69, 9.17) is 9.47 Å². The summed E-state index contributed by atoms with van der Waals surface area (Å²) in [6, 6.07) is 13.6. The zero-order valence-electron chi connectivity index (χ0n) is 15.2. The van der Waals surface area contributed by atoms with Crippen molar-refractivity contribution in [2.75, 3.05) is 12.1 Å². The van der Waals surface area contributed by atoms with Crippen molar-refractivity contribution < 1.29 is 14.3 Å². The SMILES string of the molecule is Cc1nc(NC2NC(=O)CC(c3ccccc3)N2)nc2cc3c(cc12)OCO3. The van der Waals surface area contributed by atoms with E-state index in [0.717, 1.165) is 22.2 Å². The number of aryl methyl sites for hydroxylation is 1. The molecule has 2 atom stereocenters. The van der Waals surface area contributed by atoms with Gasteiger partial charge in [-0.05, 0) is 18.6 Å². The third-order valence-electron chi connectivity index (χ3n) is 4.92. The van der Waals surface area contributed by atoms with Crippen molar-refractivity contribution >= 4 is 22.8 Å². The van der Waals surface area contributed by atoms with Crippen LogP contribution in [0.1, 0.15) is 23.7 Å². The van der Waals surface area contributed by atoms with Crippen LogP contribution in [-0.4, -0.2) is 29.0 Å². The Bertz CT molecular complexity index is 1060. The fraction of sp³-hybridized carbons (Fsp3) is 0.250. The van der Waals surface area contributed by atoms with Gasteiger partial charge < -0.3 is 20.1 Å². The molecule has 3 N–H and O–H groups in total. The highest BCUT2D eigenvalue weighted by Gasteiger charge is 2.27. The molecule has 2 aliphatic heterocycles. The predicted molar refractivity (Wildman–Crippen MR) is 103 cm³/mol. The minimum absolute atomic E-state index is 0.0361. The summed E-state index contributed by atoms with van der Waals surface area (Å²) < 4.78 is 10.9. The summed E-state index contributed by atoms with van der Waals surface area (Å²) >= 11 is 0. The Morgan fingerprint density at radius 2 is 1.89 bits per heavy atom. The monoisotopic (exact) mass is 377 g/mol. The Kier molecular flexibility index (Phi) is 3.98. The molecule has 1 fully saturated rings. The number of nitrogens with zero attached hydrogens (tertiary/aromatic N) is 2. The van der Waals surface area contributed by atoms with Crippen molar-refractivity contribution in [2.24, 2.45) is 0 Å². The average Bonchev–Trinajstić information content (AvgIpc) is 3.14. The third kappa shape index (κ3) is 3.07. The lowest BCUT2D eigenvalue weighted by Crippen LogP contribution is -2.56. The molecule has 2 aromatic carbocycles. The van der Waals surface area contributed by atoms with Crippen molar-refractivity contribution in [3.05, 3.63) is 53.7 Å². The fourth-order valence-electron chi connectivity index (χ4n) is 3.55. The van der Waals surface area contributed by atoms with E-state index >= 15 is 0 Å². The predicted octanol–water partition coefficient (Wildman–Crippen LogP) is 2.21. The van der Waals surface area contributed by atoms with Crippen LogP contribution in [0.25, 0.3) is 10.9 Å². The number of carbonyl (C=O) groups is 1. The van der Waals surface area contributed by atoms with Gasteiger partial charge in [0.05, 0.1) is 11.2 Å². The Hall–Kier alpha value is -3.39. The minimum atomic E-state index is -0.475. The molecule has 1 aromatic heterocycles. The maximum atomic E-state index is 12.2. The number of amides is 1. The molecule has 0 spiro atoms. The van der Waals surface area contributed by atoms with Crippen molar-refractivity contribution in [3.8, 4) is 11.5 Å². The van der Waals surface area contributed by atoms with Gasteiger partial charge >= 0.3 is 0 Å². The summed E-state index contributed by atoms with van der Waals surface area (Å²) in [6.45, 7) is 2.12. The molecule has 2 unspecified atom stereocenters. The number of hydrogen-bond donors (Lipinski definition) is 3. The zero-order valence-corrected chi connectivity index (χ0v) is 15.2. The van der Waals surface area contributed by atoms with Gasteiger partial charge in [-0.2, -0.15) is 0 Å². The number of fused-ring (bicyclic) bond motifs is 2. The van der Waals surface area contributed by atoms with E-state index in [1.54, 1.807) is 0 Å². The van der Waals surface area contributed by atoms with E-state index in [0.29, 0.717) is 23.9 Å². The van der Waals surface area contributed by atoms with E-state index in [-0.39, 0.29) is 18.7 Å². The minimum Gasteiger partial charge on any atom is -0.454 e. The summed E-state index contributed by atoms with van der Waals surface area (Å²) in [5.41, 5.74) is 2.63. The molecule has 142 valence electrons. The molecule has 1 amide bonds. The van der Waals surface area contributed by atoms with Crippen molar-refractivity contribution in [2.45, 2.75) is 25.7 Å². The molecule has 3 aromatic rings. The number of anilines is 1. The van der Waals surface area contributed by atoms with Gasteiger partial charge in [0.25, 0.3) is 0 Å². The molecular formula is C20H19N5O3. The van der Waals surface area contributed by atoms with Gasteiger partial charge in [0.1, 0.15) is 0 Å². The summed E-state index contributed by atoms with van der Waals surface area (Å²) in [4.78, 5) is 21.3. The molecule has 5 rings (SSSR count). The molecule has 28 heavy (non-hydrogen) atoms. The largest absolute Gasteiger partial charge is 0.454 e. The molecule has 0 saturated carbocycles. The van der Waals surface area contributed by atoms with Crippen LogP contribution in [-0.2, 0) is 4.79 Å². The van der Waals surface area contributed by atoms with Crippen LogP contribution < -0.4 is 25.4 Å². The molecule has 1 saturated heterocycles. The first-order valence-electron chi connectivity index (χ1n) is 9.10. The topological polar surface area (TPSA) is 97.4 Å². The lowest BCUT2D eigenvalue weighted by molar-refractivity contribution is -0.124. The molecule has 8 heteroatoms. The van der Waals surface area contributed by atoms with Gasteiger partial charge in [-0.1, -0.05) is 30.3 Å². The molecule has 3 heterocycles. The second-order valence-electron chi connectivity index (χ2n) is 6.83. The smallest absolute Gasteiger partial charge is 0.231 e. The Morgan fingerprint density at radius 3 is 2.71 bits per heavy atom. The first-order valence-corrected chi connectivity index (χ1v) is 9.10. The number of aromatic nitrogens is 2. The first-order chi connectivity index (χ1) is 13.7. The summed E-state index contributed by atoms with van der Waals surface area (Å²) in [7, 11) is 0. The normalized spacial score (nSPS) is 20.8. The van der Waals surface area contributed by atoms with E-state index in [9.17, 15) is 4.79 Å². The number of benzene rings is 2. The zero-order chi connectivity index (χ0) is 19.1. The highest BCUT2D eigenvalue weighted by atomic mass is 16.7. The van der Waals surface area contributed by atoms with E-state index < -0.39 is 6.29 Å². The lowest BCUT2D eigenvalue weighted by atomic mass is 10.0. The maximum absolute atomic E-state index is 12.2. The molecule has 0 aliphatic carbocycles. The number of hydrogen-bond acceptors (Lipinski definition) is 7. The highest BCUT2D eigenvalue weighted by molar-refractivity contribution is 5.85.